The second kappa shape index (κ2) is 6.40. The molecule has 0 bridgehead atoms. The molecule has 7 nitrogen and oxygen atoms in total. The SMILES string of the molecule is Cc1cnn(CCNC(=O)NC(C(=O)O)C(C)(C)C)c1. The molecule has 0 spiro atoms. The molecule has 2 amide bonds. The third-order valence-electron chi connectivity index (χ3n) is 2.78. The smallest absolute Gasteiger partial charge is 0.326 e. The quantitative estimate of drug-likeness (QED) is 0.750. The molecule has 0 aliphatic heterocycles. The molecule has 1 aromatic rings. The predicted octanol–water partition coefficient (Wildman–Crippen LogP) is 0.990. The molecule has 1 unspecified atom stereocenters. The number of nitrogens with one attached hydrogen (secondary N) is 2. The summed E-state index contributed by atoms with van der Waals surface area (Å²) in [4.78, 5) is 22.8. The lowest BCUT2D eigenvalue weighted by Crippen LogP contribution is -2.52. The highest BCUT2D eigenvalue weighted by molar-refractivity contribution is 5.83. The third-order valence-corrected chi connectivity index (χ3v) is 2.78. The number of aryl methyl sites for hydroxylation is 1. The van der Waals surface area contributed by atoms with Crippen LogP contribution in [0.3, 0.4) is 0 Å². The summed E-state index contributed by atoms with van der Waals surface area (Å²) < 4.78 is 1.72. The zero-order valence-corrected chi connectivity index (χ0v) is 12.3. The van der Waals surface area contributed by atoms with Gasteiger partial charge in [0.05, 0.1) is 12.7 Å². The average molecular weight is 282 g/mol. The molecule has 0 aliphatic rings. The Hall–Kier alpha value is -2.05. The van der Waals surface area contributed by atoms with Gasteiger partial charge in [0.1, 0.15) is 6.04 Å². The summed E-state index contributed by atoms with van der Waals surface area (Å²) in [6.45, 7) is 8.14. The van der Waals surface area contributed by atoms with Gasteiger partial charge in [0.2, 0.25) is 0 Å². The van der Waals surface area contributed by atoms with Crippen molar-refractivity contribution >= 4 is 12.0 Å². The summed E-state index contributed by atoms with van der Waals surface area (Å²) in [6.07, 6.45) is 3.61. The standard InChI is InChI=1S/C13H22N4O3/c1-9-7-15-17(8-9)6-5-14-12(20)16-10(11(18)19)13(2,3)4/h7-8,10H,5-6H2,1-4H3,(H,18,19)(H2,14,16,20). The Morgan fingerprint density at radius 2 is 2.10 bits per heavy atom. The first-order chi connectivity index (χ1) is 9.20. The number of carbonyl (C=O) groups excluding carboxylic acids is 1. The molecule has 1 atom stereocenters. The van der Waals surface area contributed by atoms with Gasteiger partial charge >= 0.3 is 12.0 Å². The molecule has 112 valence electrons. The number of hydrogen-bond acceptors (Lipinski definition) is 3. The number of aliphatic carboxylic acids is 1. The number of carbonyl (C=O) groups is 2. The molecule has 7 heteroatoms. The fraction of sp³-hybridized carbons (Fsp3) is 0.615. The fourth-order valence-corrected chi connectivity index (χ4v) is 1.70. The van der Waals surface area contributed by atoms with Crippen LogP contribution in [0.15, 0.2) is 12.4 Å². The van der Waals surface area contributed by atoms with Crippen molar-refractivity contribution in [3.8, 4) is 0 Å². The highest BCUT2D eigenvalue weighted by Crippen LogP contribution is 2.19. The van der Waals surface area contributed by atoms with Gasteiger partial charge in [-0.15, -0.1) is 0 Å². The number of urea groups is 1. The molecule has 20 heavy (non-hydrogen) atoms. The summed E-state index contributed by atoms with van der Waals surface area (Å²) in [5.41, 5.74) is 0.496. The fourth-order valence-electron chi connectivity index (χ4n) is 1.70. The van der Waals surface area contributed by atoms with E-state index in [2.05, 4.69) is 15.7 Å². The van der Waals surface area contributed by atoms with Crippen molar-refractivity contribution in [2.24, 2.45) is 5.41 Å². The summed E-state index contributed by atoms with van der Waals surface area (Å²) in [5, 5.41) is 18.3. The van der Waals surface area contributed by atoms with Crippen LogP contribution in [0, 0.1) is 12.3 Å². The number of amides is 2. The van der Waals surface area contributed by atoms with Gasteiger partial charge in [-0.3, -0.25) is 4.68 Å². The van der Waals surface area contributed by atoms with E-state index in [1.807, 2.05) is 13.1 Å². The second-order valence-electron chi connectivity index (χ2n) is 5.82. The monoisotopic (exact) mass is 282 g/mol. The van der Waals surface area contributed by atoms with Crippen molar-refractivity contribution in [1.29, 1.82) is 0 Å². The Bertz CT molecular complexity index is 476. The Morgan fingerprint density at radius 3 is 2.55 bits per heavy atom. The van der Waals surface area contributed by atoms with Crippen molar-refractivity contribution in [1.82, 2.24) is 20.4 Å². The van der Waals surface area contributed by atoms with Crippen LogP contribution in [0.2, 0.25) is 0 Å². The van der Waals surface area contributed by atoms with Gasteiger partial charge in [-0.05, 0) is 17.9 Å². The van der Waals surface area contributed by atoms with Crippen molar-refractivity contribution in [3.63, 3.8) is 0 Å². The highest BCUT2D eigenvalue weighted by atomic mass is 16.4. The average Bonchev–Trinajstić information content (AvgIpc) is 2.70. The first kappa shape index (κ1) is 16.0. The molecule has 0 fully saturated rings. The molecule has 1 heterocycles. The summed E-state index contributed by atoms with van der Waals surface area (Å²) in [5.74, 6) is -1.05. The largest absolute Gasteiger partial charge is 0.480 e. The van der Waals surface area contributed by atoms with E-state index in [9.17, 15) is 9.59 Å². The van der Waals surface area contributed by atoms with Crippen LogP contribution in [0.1, 0.15) is 26.3 Å². The minimum atomic E-state index is -1.05. The van der Waals surface area contributed by atoms with E-state index in [4.69, 9.17) is 5.11 Å². The number of aromatic nitrogens is 2. The Labute approximate surface area is 118 Å². The first-order valence-corrected chi connectivity index (χ1v) is 6.46. The molecule has 1 rings (SSSR count). The number of hydrogen-bond donors (Lipinski definition) is 3. The van der Waals surface area contributed by atoms with Crippen molar-refractivity contribution in [3.05, 3.63) is 18.0 Å². The summed E-state index contributed by atoms with van der Waals surface area (Å²) in [6, 6.07) is -1.43. The maximum atomic E-state index is 11.7. The van der Waals surface area contributed by atoms with Crippen LogP contribution in [-0.2, 0) is 11.3 Å². The molecule has 3 N–H and O–H groups in total. The van der Waals surface area contributed by atoms with Crippen LogP contribution >= 0.6 is 0 Å². The highest BCUT2D eigenvalue weighted by Gasteiger charge is 2.32. The second-order valence-corrected chi connectivity index (χ2v) is 5.82. The minimum Gasteiger partial charge on any atom is -0.480 e. The zero-order valence-electron chi connectivity index (χ0n) is 12.3. The van der Waals surface area contributed by atoms with Crippen LogP contribution < -0.4 is 10.6 Å². The number of carboxylic acid groups (broad SMARTS) is 1. The van der Waals surface area contributed by atoms with Crippen LogP contribution in [0.5, 0.6) is 0 Å². The van der Waals surface area contributed by atoms with E-state index in [0.29, 0.717) is 13.1 Å². The topological polar surface area (TPSA) is 96.3 Å². The first-order valence-electron chi connectivity index (χ1n) is 6.46. The minimum absolute atomic E-state index is 0.378. The van der Waals surface area contributed by atoms with E-state index in [-0.39, 0.29) is 0 Å². The van der Waals surface area contributed by atoms with Crippen LogP contribution in [0.25, 0.3) is 0 Å². The molecule has 0 saturated carbocycles. The Balaban J connectivity index is 2.41. The lowest BCUT2D eigenvalue weighted by molar-refractivity contribution is -0.141. The van der Waals surface area contributed by atoms with Crippen LogP contribution in [0.4, 0.5) is 4.79 Å². The van der Waals surface area contributed by atoms with Gasteiger partial charge in [0.25, 0.3) is 0 Å². The van der Waals surface area contributed by atoms with E-state index >= 15 is 0 Å². The molecule has 1 aromatic heterocycles. The molecule has 0 aromatic carbocycles. The maximum absolute atomic E-state index is 11.7. The predicted molar refractivity (Wildman–Crippen MR) is 74.4 cm³/mol. The van der Waals surface area contributed by atoms with Gasteiger partial charge in [-0.25, -0.2) is 9.59 Å². The zero-order chi connectivity index (χ0) is 15.3. The van der Waals surface area contributed by atoms with Gasteiger partial charge in [0.15, 0.2) is 0 Å². The Kier molecular flexibility index (Phi) is 5.12. The van der Waals surface area contributed by atoms with Gasteiger partial charge in [-0.2, -0.15) is 5.10 Å². The van der Waals surface area contributed by atoms with Gasteiger partial charge in [-0.1, -0.05) is 20.8 Å². The molecular weight excluding hydrogens is 260 g/mol. The third kappa shape index (κ3) is 4.91. The number of rotatable bonds is 5. The van der Waals surface area contributed by atoms with E-state index < -0.39 is 23.5 Å². The Morgan fingerprint density at radius 1 is 1.45 bits per heavy atom. The van der Waals surface area contributed by atoms with E-state index in [1.165, 1.54) is 0 Å². The van der Waals surface area contributed by atoms with Gasteiger partial charge < -0.3 is 15.7 Å². The van der Waals surface area contributed by atoms with Crippen LogP contribution in [-0.4, -0.2) is 39.5 Å². The van der Waals surface area contributed by atoms with Crippen molar-refractivity contribution in [2.75, 3.05) is 6.54 Å². The number of nitrogens with zero attached hydrogens (tertiary/aromatic N) is 2. The van der Waals surface area contributed by atoms with E-state index in [0.717, 1.165) is 5.56 Å². The normalized spacial score (nSPS) is 12.8. The molecule has 0 saturated heterocycles. The van der Waals surface area contributed by atoms with Crippen molar-refractivity contribution in [2.45, 2.75) is 40.3 Å². The van der Waals surface area contributed by atoms with Gasteiger partial charge in [0, 0.05) is 12.7 Å². The molecule has 0 aliphatic carbocycles. The van der Waals surface area contributed by atoms with E-state index in [1.54, 1.807) is 31.6 Å². The number of carboxylic acids is 1. The summed E-state index contributed by atoms with van der Waals surface area (Å²) in [7, 11) is 0. The molecular formula is C13H22N4O3. The van der Waals surface area contributed by atoms with Crippen molar-refractivity contribution < 1.29 is 14.7 Å². The maximum Gasteiger partial charge on any atom is 0.326 e. The lowest BCUT2D eigenvalue weighted by Gasteiger charge is -2.27. The molecule has 0 radical (unpaired) electrons. The lowest BCUT2D eigenvalue weighted by atomic mass is 9.87. The summed E-state index contributed by atoms with van der Waals surface area (Å²) >= 11 is 0.